The van der Waals surface area contributed by atoms with Gasteiger partial charge in [-0.3, -0.25) is 0 Å². The Bertz CT molecular complexity index is 629. The van der Waals surface area contributed by atoms with Crippen LogP contribution in [0.25, 0.3) is 0 Å². The molecule has 0 saturated heterocycles. The van der Waals surface area contributed by atoms with Crippen LogP contribution in [-0.4, -0.2) is 6.04 Å². The highest BCUT2D eigenvalue weighted by molar-refractivity contribution is 5.33. The SMILES string of the molecule is Cc1ccc(C(C)NC2CCc3ccccc3C2)cc1C. The van der Waals surface area contributed by atoms with E-state index in [0.29, 0.717) is 12.1 Å². The predicted molar refractivity (Wildman–Crippen MR) is 89.7 cm³/mol. The van der Waals surface area contributed by atoms with Crippen LogP contribution >= 0.6 is 0 Å². The van der Waals surface area contributed by atoms with Crippen LogP contribution in [-0.2, 0) is 12.8 Å². The highest BCUT2D eigenvalue weighted by Crippen LogP contribution is 2.24. The topological polar surface area (TPSA) is 12.0 Å². The minimum Gasteiger partial charge on any atom is -0.307 e. The van der Waals surface area contributed by atoms with E-state index in [0.717, 1.165) is 6.42 Å². The van der Waals surface area contributed by atoms with E-state index in [1.54, 1.807) is 0 Å². The van der Waals surface area contributed by atoms with Gasteiger partial charge in [-0.15, -0.1) is 0 Å². The third-order valence-corrected chi connectivity index (χ3v) is 4.86. The molecule has 3 rings (SSSR count). The van der Waals surface area contributed by atoms with Gasteiger partial charge in [0, 0.05) is 12.1 Å². The van der Waals surface area contributed by atoms with Crippen molar-refractivity contribution in [2.75, 3.05) is 0 Å². The first-order valence-corrected chi connectivity index (χ1v) is 8.03. The number of aryl methyl sites for hydroxylation is 3. The summed E-state index contributed by atoms with van der Waals surface area (Å²) in [6, 6.07) is 16.7. The van der Waals surface area contributed by atoms with Crippen LogP contribution in [0.3, 0.4) is 0 Å². The summed E-state index contributed by atoms with van der Waals surface area (Å²) in [5, 5.41) is 3.82. The van der Waals surface area contributed by atoms with Crippen molar-refractivity contribution >= 4 is 0 Å². The zero-order valence-corrected chi connectivity index (χ0v) is 13.3. The Morgan fingerprint density at radius 3 is 2.52 bits per heavy atom. The zero-order valence-electron chi connectivity index (χ0n) is 13.3. The summed E-state index contributed by atoms with van der Waals surface area (Å²) in [5.41, 5.74) is 7.22. The Morgan fingerprint density at radius 2 is 1.76 bits per heavy atom. The summed E-state index contributed by atoms with van der Waals surface area (Å²) >= 11 is 0. The second kappa shape index (κ2) is 6.03. The van der Waals surface area contributed by atoms with E-state index in [4.69, 9.17) is 0 Å². The van der Waals surface area contributed by atoms with E-state index in [2.05, 4.69) is 68.6 Å². The van der Waals surface area contributed by atoms with Gasteiger partial charge in [0.25, 0.3) is 0 Å². The number of rotatable bonds is 3. The fourth-order valence-electron chi connectivity index (χ4n) is 3.32. The summed E-state index contributed by atoms with van der Waals surface area (Å²) < 4.78 is 0. The molecule has 0 amide bonds. The van der Waals surface area contributed by atoms with E-state index >= 15 is 0 Å². The molecule has 1 heteroatoms. The Labute approximate surface area is 128 Å². The average Bonchev–Trinajstić information content (AvgIpc) is 2.50. The second-order valence-corrected chi connectivity index (χ2v) is 6.44. The van der Waals surface area contributed by atoms with E-state index in [-0.39, 0.29) is 0 Å². The van der Waals surface area contributed by atoms with Crippen molar-refractivity contribution in [3.63, 3.8) is 0 Å². The summed E-state index contributed by atoms with van der Waals surface area (Å²) in [7, 11) is 0. The Balaban J connectivity index is 1.68. The standard InChI is InChI=1S/C20H25N/c1-14-8-9-18(12-15(14)2)16(3)21-20-11-10-17-6-4-5-7-19(17)13-20/h4-9,12,16,20-21H,10-11,13H2,1-3H3. The molecule has 0 radical (unpaired) electrons. The molecule has 0 fully saturated rings. The molecule has 0 aromatic heterocycles. The molecule has 1 aliphatic carbocycles. The van der Waals surface area contributed by atoms with Crippen molar-refractivity contribution in [2.45, 2.75) is 52.1 Å². The summed E-state index contributed by atoms with van der Waals surface area (Å²) in [6.07, 6.45) is 3.60. The van der Waals surface area contributed by atoms with Crippen LogP contribution in [0.2, 0.25) is 0 Å². The highest BCUT2D eigenvalue weighted by atomic mass is 14.9. The highest BCUT2D eigenvalue weighted by Gasteiger charge is 2.20. The van der Waals surface area contributed by atoms with Crippen molar-refractivity contribution in [3.8, 4) is 0 Å². The van der Waals surface area contributed by atoms with Gasteiger partial charge in [0.05, 0.1) is 0 Å². The van der Waals surface area contributed by atoms with Crippen LogP contribution < -0.4 is 5.32 Å². The van der Waals surface area contributed by atoms with Gasteiger partial charge in [0.2, 0.25) is 0 Å². The lowest BCUT2D eigenvalue weighted by atomic mass is 9.87. The van der Waals surface area contributed by atoms with Crippen LogP contribution in [0.1, 0.15) is 47.2 Å². The van der Waals surface area contributed by atoms with E-state index in [1.807, 2.05) is 0 Å². The molecule has 0 saturated carbocycles. The van der Waals surface area contributed by atoms with Crippen LogP contribution in [0.4, 0.5) is 0 Å². The molecule has 1 nitrogen and oxygen atoms in total. The molecular formula is C20H25N. The minimum absolute atomic E-state index is 0.416. The van der Waals surface area contributed by atoms with Crippen LogP contribution in [0.5, 0.6) is 0 Å². The zero-order chi connectivity index (χ0) is 14.8. The van der Waals surface area contributed by atoms with Gasteiger partial charge in [0.15, 0.2) is 0 Å². The summed E-state index contributed by atoms with van der Waals surface area (Å²) in [6.45, 7) is 6.66. The van der Waals surface area contributed by atoms with Gasteiger partial charge in [-0.1, -0.05) is 42.5 Å². The maximum absolute atomic E-state index is 3.82. The van der Waals surface area contributed by atoms with Gasteiger partial charge in [-0.05, 0) is 67.9 Å². The van der Waals surface area contributed by atoms with E-state index < -0.39 is 0 Å². The number of fused-ring (bicyclic) bond motifs is 1. The predicted octanol–water partition coefficient (Wildman–Crippen LogP) is 4.51. The van der Waals surface area contributed by atoms with E-state index in [9.17, 15) is 0 Å². The van der Waals surface area contributed by atoms with Crippen LogP contribution in [0, 0.1) is 13.8 Å². The third kappa shape index (κ3) is 3.19. The number of hydrogen-bond donors (Lipinski definition) is 1. The molecule has 1 aliphatic rings. The summed E-state index contributed by atoms with van der Waals surface area (Å²) in [4.78, 5) is 0. The lowest BCUT2D eigenvalue weighted by Crippen LogP contribution is -2.36. The molecule has 2 unspecified atom stereocenters. The van der Waals surface area contributed by atoms with Gasteiger partial charge in [0.1, 0.15) is 0 Å². The molecule has 1 N–H and O–H groups in total. The molecule has 0 bridgehead atoms. The molecule has 0 heterocycles. The van der Waals surface area contributed by atoms with Crippen molar-refractivity contribution < 1.29 is 0 Å². The quantitative estimate of drug-likeness (QED) is 0.871. The Kier molecular flexibility index (Phi) is 4.12. The molecule has 110 valence electrons. The molecule has 21 heavy (non-hydrogen) atoms. The second-order valence-electron chi connectivity index (χ2n) is 6.44. The van der Waals surface area contributed by atoms with Crippen molar-refractivity contribution in [1.82, 2.24) is 5.32 Å². The van der Waals surface area contributed by atoms with Gasteiger partial charge < -0.3 is 5.32 Å². The fourth-order valence-corrected chi connectivity index (χ4v) is 3.32. The molecule has 0 spiro atoms. The smallest absolute Gasteiger partial charge is 0.0294 e. The fraction of sp³-hybridized carbons (Fsp3) is 0.400. The molecule has 2 atom stereocenters. The van der Waals surface area contributed by atoms with Gasteiger partial charge in [-0.25, -0.2) is 0 Å². The van der Waals surface area contributed by atoms with Crippen LogP contribution in [0.15, 0.2) is 42.5 Å². The maximum Gasteiger partial charge on any atom is 0.0294 e. The normalized spacial score (nSPS) is 19.1. The molecule has 0 aliphatic heterocycles. The largest absolute Gasteiger partial charge is 0.307 e. The van der Waals surface area contributed by atoms with Crippen molar-refractivity contribution in [3.05, 3.63) is 70.3 Å². The first kappa shape index (κ1) is 14.3. The number of benzene rings is 2. The van der Waals surface area contributed by atoms with Crippen molar-refractivity contribution in [2.24, 2.45) is 0 Å². The van der Waals surface area contributed by atoms with Gasteiger partial charge >= 0.3 is 0 Å². The Hall–Kier alpha value is -1.60. The van der Waals surface area contributed by atoms with Crippen molar-refractivity contribution in [1.29, 1.82) is 0 Å². The first-order valence-electron chi connectivity index (χ1n) is 8.03. The minimum atomic E-state index is 0.416. The number of hydrogen-bond acceptors (Lipinski definition) is 1. The first-order chi connectivity index (χ1) is 10.1. The molecule has 2 aromatic carbocycles. The maximum atomic E-state index is 3.82. The molecular weight excluding hydrogens is 254 g/mol. The lowest BCUT2D eigenvalue weighted by molar-refractivity contribution is 0.413. The molecule has 2 aromatic rings. The Morgan fingerprint density at radius 1 is 1.00 bits per heavy atom. The monoisotopic (exact) mass is 279 g/mol. The number of nitrogens with one attached hydrogen (secondary N) is 1. The summed E-state index contributed by atoms with van der Waals surface area (Å²) in [5.74, 6) is 0. The average molecular weight is 279 g/mol. The van der Waals surface area contributed by atoms with Gasteiger partial charge in [-0.2, -0.15) is 0 Å². The van der Waals surface area contributed by atoms with E-state index in [1.165, 1.54) is 40.7 Å². The third-order valence-electron chi connectivity index (χ3n) is 4.86. The lowest BCUT2D eigenvalue weighted by Gasteiger charge is -2.29.